The molecule has 2 rings (SSSR count). The molecular formula is C15H19ClN2O3S. The summed E-state index contributed by atoms with van der Waals surface area (Å²) in [5.41, 5.74) is 0.699. The lowest BCUT2D eigenvalue weighted by atomic mass is 9.97. The van der Waals surface area contributed by atoms with E-state index in [1.54, 1.807) is 28.8 Å². The van der Waals surface area contributed by atoms with Gasteiger partial charge in [-0.3, -0.25) is 4.79 Å². The van der Waals surface area contributed by atoms with Crippen molar-refractivity contribution in [3.63, 3.8) is 0 Å². The number of carboxylic acids is 1. The zero-order valence-corrected chi connectivity index (χ0v) is 13.9. The van der Waals surface area contributed by atoms with Crippen molar-refractivity contribution < 1.29 is 14.7 Å². The molecule has 1 heterocycles. The molecule has 1 fully saturated rings. The minimum absolute atomic E-state index is 0.205. The summed E-state index contributed by atoms with van der Waals surface area (Å²) in [6.45, 7) is 2.96. The average Bonchev–Trinajstić information content (AvgIpc) is 2.50. The van der Waals surface area contributed by atoms with Crippen LogP contribution in [-0.2, 0) is 4.79 Å². The first-order chi connectivity index (χ1) is 10.5. The summed E-state index contributed by atoms with van der Waals surface area (Å²) in [5.74, 6) is -0.230. The van der Waals surface area contributed by atoms with E-state index in [-0.39, 0.29) is 11.9 Å². The van der Waals surface area contributed by atoms with Gasteiger partial charge in [-0.2, -0.15) is 0 Å². The first-order valence-electron chi connectivity index (χ1n) is 7.22. The Hall–Kier alpha value is -1.40. The van der Waals surface area contributed by atoms with Crippen LogP contribution >= 0.6 is 23.4 Å². The van der Waals surface area contributed by atoms with Crippen LogP contribution in [0.2, 0.25) is 5.02 Å². The van der Waals surface area contributed by atoms with E-state index in [1.807, 2.05) is 13.0 Å². The highest BCUT2D eigenvalue weighted by atomic mass is 35.5. The number of carbonyl (C=O) groups excluding carboxylic acids is 1. The summed E-state index contributed by atoms with van der Waals surface area (Å²) < 4.78 is 0. The van der Waals surface area contributed by atoms with Crippen molar-refractivity contribution in [3.05, 3.63) is 23.2 Å². The number of urea groups is 1. The topological polar surface area (TPSA) is 69.6 Å². The van der Waals surface area contributed by atoms with Crippen LogP contribution in [0.3, 0.4) is 0 Å². The van der Waals surface area contributed by atoms with Crippen LogP contribution in [0.25, 0.3) is 0 Å². The molecule has 0 aliphatic carbocycles. The summed E-state index contributed by atoms with van der Waals surface area (Å²) in [4.78, 5) is 25.9. The molecule has 22 heavy (non-hydrogen) atoms. The summed E-state index contributed by atoms with van der Waals surface area (Å²) in [7, 11) is 0. The molecule has 0 aromatic heterocycles. The monoisotopic (exact) mass is 342 g/mol. The number of rotatable bonds is 4. The zero-order valence-electron chi connectivity index (χ0n) is 12.3. The molecule has 2 N–H and O–H groups in total. The predicted molar refractivity (Wildman–Crippen MR) is 88.8 cm³/mol. The number of nitrogens with one attached hydrogen (secondary N) is 1. The Morgan fingerprint density at radius 1 is 1.41 bits per heavy atom. The third kappa shape index (κ3) is 4.30. The van der Waals surface area contributed by atoms with Crippen LogP contribution in [0.15, 0.2) is 23.1 Å². The van der Waals surface area contributed by atoms with Gasteiger partial charge in [-0.15, -0.1) is 11.8 Å². The second-order valence-corrected chi connectivity index (χ2v) is 6.85. The second-order valence-electron chi connectivity index (χ2n) is 5.10. The van der Waals surface area contributed by atoms with Gasteiger partial charge in [-0.05, 0) is 36.8 Å². The number of hydrogen-bond acceptors (Lipinski definition) is 3. The number of aliphatic carboxylic acids is 1. The van der Waals surface area contributed by atoms with Gasteiger partial charge in [0.2, 0.25) is 0 Å². The number of anilines is 1. The fourth-order valence-corrected chi connectivity index (χ4v) is 3.32. The fraction of sp³-hybridized carbons (Fsp3) is 0.467. The Morgan fingerprint density at radius 2 is 2.09 bits per heavy atom. The number of hydrogen-bond donors (Lipinski definition) is 2. The van der Waals surface area contributed by atoms with Crippen LogP contribution in [0.1, 0.15) is 19.8 Å². The van der Waals surface area contributed by atoms with Gasteiger partial charge in [0.15, 0.2) is 0 Å². The van der Waals surface area contributed by atoms with E-state index in [2.05, 4.69) is 5.32 Å². The highest BCUT2D eigenvalue weighted by molar-refractivity contribution is 7.99. The highest BCUT2D eigenvalue weighted by Crippen LogP contribution is 2.30. The number of piperidine rings is 1. The quantitative estimate of drug-likeness (QED) is 0.817. The number of benzene rings is 1. The van der Waals surface area contributed by atoms with E-state index in [9.17, 15) is 9.59 Å². The molecule has 1 aromatic carbocycles. The Kier molecular flexibility index (Phi) is 5.97. The number of thioether (sulfide) groups is 1. The van der Waals surface area contributed by atoms with Crippen LogP contribution in [0.5, 0.6) is 0 Å². The number of carbonyl (C=O) groups is 2. The Labute approximate surface area is 139 Å². The van der Waals surface area contributed by atoms with Gasteiger partial charge in [0.1, 0.15) is 0 Å². The summed E-state index contributed by atoms with van der Waals surface area (Å²) >= 11 is 7.63. The van der Waals surface area contributed by atoms with Crippen LogP contribution in [0, 0.1) is 5.92 Å². The Balaban J connectivity index is 2.00. The molecule has 1 saturated heterocycles. The predicted octanol–water partition coefficient (Wildman–Crippen LogP) is 3.78. The molecule has 1 aliphatic heterocycles. The first kappa shape index (κ1) is 17.0. The maximum Gasteiger partial charge on any atom is 0.321 e. The number of nitrogens with zero attached hydrogens (tertiary/aromatic N) is 1. The molecule has 0 spiro atoms. The van der Waals surface area contributed by atoms with Gasteiger partial charge in [-0.25, -0.2) is 4.79 Å². The fourth-order valence-electron chi connectivity index (χ4n) is 2.41. The Morgan fingerprint density at radius 3 is 2.68 bits per heavy atom. The summed E-state index contributed by atoms with van der Waals surface area (Å²) in [6.07, 6.45) is 0.990. The lowest BCUT2D eigenvalue weighted by molar-refractivity contribution is -0.143. The van der Waals surface area contributed by atoms with E-state index < -0.39 is 5.97 Å². The van der Waals surface area contributed by atoms with Crippen LogP contribution in [-0.4, -0.2) is 40.8 Å². The lowest BCUT2D eigenvalue weighted by Crippen LogP contribution is -2.42. The SMILES string of the molecule is CCSc1ccc(Cl)cc1NC(=O)N1CCC(C(=O)O)CC1. The minimum atomic E-state index is -0.781. The molecule has 1 aromatic rings. The first-order valence-corrected chi connectivity index (χ1v) is 8.58. The van der Waals surface area contributed by atoms with Crippen molar-refractivity contribution in [2.75, 3.05) is 24.2 Å². The van der Waals surface area contributed by atoms with Gasteiger partial charge >= 0.3 is 12.0 Å². The molecule has 0 atom stereocenters. The van der Waals surface area contributed by atoms with Crippen molar-refractivity contribution in [3.8, 4) is 0 Å². The molecule has 2 amide bonds. The number of likely N-dealkylation sites (tertiary alicyclic amines) is 1. The third-order valence-electron chi connectivity index (χ3n) is 3.61. The molecule has 120 valence electrons. The molecule has 0 bridgehead atoms. The smallest absolute Gasteiger partial charge is 0.321 e. The van der Waals surface area contributed by atoms with Crippen molar-refractivity contribution in [2.45, 2.75) is 24.7 Å². The van der Waals surface area contributed by atoms with E-state index in [1.165, 1.54) is 0 Å². The van der Waals surface area contributed by atoms with Crippen molar-refractivity contribution in [1.82, 2.24) is 4.90 Å². The molecule has 1 aliphatic rings. The largest absolute Gasteiger partial charge is 0.481 e. The maximum absolute atomic E-state index is 12.3. The Bertz CT molecular complexity index is 560. The van der Waals surface area contributed by atoms with E-state index in [0.717, 1.165) is 10.6 Å². The highest BCUT2D eigenvalue weighted by Gasteiger charge is 2.27. The summed E-state index contributed by atoms with van der Waals surface area (Å²) in [6, 6.07) is 5.22. The average molecular weight is 343 g/mol. The van der Waals surface area contributed by atoms with Crippen molar-refractivity contribution >= 4 is 41.1 Å². The zero-order chi connectivity index (χ0) is 16.1. The number of carboxylic acid groups (broad SMARTS) is 1. The molecule has 7 heteroatoms. The van der Waals surface area contributed by atoms with Gasteiger partial charge in [0, 0.05) is 23.0 Å². The maximum atomic E-state index is 12.3. The number of halogens is 1. The molecule has 5 nitrogen and oxygen atoms in total. The van der Waals surface area contributed by atoms with E-state index in [0.29, 0.717) is 36.6 Å². The molecule has 0 saturated carbocycles. The van der Waals surface area contributed by atoms with Gasteiger partial charge in [0.25, 0.3) is 0 Å². The van der Waals surface area contributed by atoms with Gasteiger partial charge < -0.3 is 15.3 Å². The normalized spacial score (nSPS) is 15.6. The van der Waals surface area contributed by atoms with Gasteiger partial charge in [0.05, 0.1) is 11.6 Å². The van der Waals surface area contributed by atoms with Gasteiger partial charge in [-0.1, -0.05) is 18.5 Å². The van der Waals surface area contributed by atoms with Crippen molar-refractivity contribution in [1.29, 1.82) is 0 Å². The second kappa shape index (κ2) is 7.74. The molecule has 0 radical (unpaired) electrons. The van der Waals surface area contributed by atoms with Crippen molar-refractivity contribution in [2.24, 2.45) is 5.92 Å². The van der Waals surface area contributed by atoms with Crippen LogP contribution in [0.4, 0.5) is 10.5 Å². The summed E-state index contributed by atoms with van der Waals surface area (Å²) in [5, 5.41) is 12.4. The van der Waals surface area contributed by atoms with E-state index in [4.69, 9.17) is 16.7 Å². The third-order valence-corrected chi connectivity index (χ3v) is 4.81. The minimum Gasteiger partial charge on any atom is -0.481 e. The lowest BCUT2D eigenvalue weighted by Gasteiger charge is -2.30. The molecular weight excluding hydrogens is 324 g/mol. The number of amides is 2. The standard InChI is InChI=1S/C15H19ClN2O3S/c1-2-22-13-4-3-11(16)9-12(13)17-15(21)18-7-5-10(6-8-18)14(19)20/h3-4,9-10H,2,5-8H2,1H3,(H,17,21)(H,19,20). The van der Waals surface area contributed by atoms with Crippen LogP contribution < -0.4 is 5.32 Å². The van der Waals surface area contributed by atoms with E-state index >= 15 is 0 Å². The molecule has 0 unspecified atom stereocenters.